The largest absolute Gasteiger partial charge is 2.00 e. The molecule has 0 spiro atoms. The van der Waals surface area contributed by atoms with Gasteiger partial charge in [0.1, 0.15) is 0 Å². The molecule has 2 aromatic rings. The molecule has 0 aliphatic rings. The molecule has 0 bridgehead atoms. The van der Waals surface area contributed by atoms with E-state index in [1.807, 2.05) is 24.3 Å². The molecule has 55 heavy (non-hydrogen) atoms. The average Bonchev–Trinajstić information content (AvgIpc) is 3.18. The summed E-state index contributed by atoms with van der Waals surface area (Å²) in [7, 11) is -7.92. The maximum absolute atomic E-state index is 12.4. The zero-order chi connectivity index (χ0) is 39.9. The van der Waals surface area contributed by atoms with Gasteiger partial charge in [-0.2, -0.15) is 0 Å². The number of unbranched alkanes of at least 4 members (excludes halogenated alkanes) is 14. The van der Waals surface area contributed by atoms with E-state index in [1.54, 1.807) is 24.3 Å². The zero-order valence-electron chi connectivity index (χ0n) is 35.9. The maximum atomic E-state index is 12.4. The van der Waals surface area contributed by atoms with E-state index in [0.717, 1.165) is 64.2 Å². The summed E-state index contributed by atoms with van der Waals surface area (Å²) in [5, 5.41) is 0.604. The molecule has 2 aromatic carbocycles. The van der Waals surface area contributed by atoms with E-state index in [4.69, 9.17) is 9.05 Å². The monoisotopic (exact) mass is 846 g/mol. The summed E-state index contributed by atoms with van der Waals surface area (Å²) in [6.07, 6.45) is 28.6. The average molecular weight is 847 g/mol. The Balaban J connectivity index is 0.00000104. The Kier molecular flexibility index (Phi) is 33.7. The van der Waals surface area contributed by atoms with Crippen molar-refractivity contribution < 1.29 is 45.0 Å². The van der Waals surface area contributed by atoms with E-state index in [9.17, 15) is 18.9 Å². The summed E-state index contributed by atoms with van der Waals surface area (Å²) in [4.78, 5) is 24.9. The van der Waals surface area contributed by atoms with Crippen LogP contribution in [0.4, 0.5) is 0 Å². The van der Waals surface area contributed by atoms with Crippen molar-refractivity contribution in [3.63, 3.8) is 0 Å². The minimum absolute atomic E-state index is 0. The molecule has 2 rings (SSSR count). The number of rotatable bonds is 32. The summed E-state index contributed by atoms with van der Waals surface area (Å²) in [5.41, 5.74) is 2.42. The zero-order valence-corrected chi connectivity index (χ0v) is 38.7. The van der Waals surface area contributed by atoms with Crippen LogP contribution in [0.25, 0.3) is 0 Å². The van der Waals surface area contributed by atoms with Gasteiger partial charge in [0.15, 0.2) is 15.2 Å². The van der Waals surface area contributed by atoms with Gasteiger partial charge in [-0.25, -0.2) is 0 Å². The fourth-order valence-corrected chi connectivity index (χ4v) is 8.76. The molecule has 6 nitrogen and oxygen atoms in total. The van der Waals surface area contributed by atoms with Crippen molar-refractivity contribution in [2.75, 3.05) is 13.2 Å². The van der Waals surface area contributed by atoms with Crippen LogP contribution in [0, 0.1) is 11.8 Å². The molecule has 0 amide bonds. The van der Waals surface area contributed by atoms with Gasteiger partial charge < -0.3 is 28.0 Å². The molecule has 0 aliphatic heterocycles. The number of benzene rings is 2. The molecular weight excluding hydrogens is 766 g/mol. The van der Waals surface area contributed by atoms with Crippen molar-refractivity contribution in [1.29, 1.82) is 0 Å². The Morgan fingerprint density at radius 1 is 0.455 bits per heavy atom. The molecule has 4 atom stereocenters. The van der Waals surface area contributed by atoms with Crippen molar-refractivity contribution in [1.82, 2.24) is 0 Å². The first kappa shape index (κ1) is 54.3. The fourth-order valence-electron chi connectivity index (χ4n) is 6.62. The van der Waals surface area contributed by atoms with E-state index < -0.39 is 15.2 Å². The summed E-state index contributed by atoms with van der Waals surface area (Å²) in [5.74, 6) is 0.646. The van der Waals surface area contributed by atoms with Crippen LogP contribution < -0.4 is 20.4 Å². The summed E-state index contributed by atoms with van der Waals surface area (Å²) in [6, 6.07) is 14.6. The molecule has 0 aliphatic carbocycles. The molecule has 0 heterocycles. The van der Waals surface area contributed by atoms with Crippen LogP contribution in [0.5, 0.6) is 0 Å². The molecule has 0 saturated heterocycles. The summed E-state index contributed by atoms with van der Waals surface area (Å²) in [6.45, 7) is 13.6. The molecule has 0 N–H and O–H groups in total. The van der Waals surface area contributed by atoms with E-state index in [-0.39, 0.29) is 17.1 Å². The maximum Gasteiger partial charge on any atom is 2.00 e. The van der Waals surface area contributed by atoms with Gasteiger partial charge in [-0.3, -0.25) is 0 Å². The minimum atomic E-state index is -3.96. The number of hydrogen-bond acceptors (Lipinski definition) is 6. The van der Waals surface area contributed by atoms with Crippen molar-refractivity contribution in [2.24, 2.45) is 11.8 Å². The number of aryl methyl sites for hydroxylation is 2. The smallest absolute Gasteiger partial charge is 0.775 e. The van der Waals surface area contributed by atoms with Gasteiger partial charge in [-0.05, 0) is 61.5 Å². The molecular formula is C46H80FeO6P2. The second-order valence-corrected chi connectivity index (χ2v) is 19.0. The first-order valence-corrected chi connectivity index (χ1v) is 25.2. The molecule has 4 unspecified atom stereocenters. The first-order valence-electron chi connectivity index (χ1n) is 22.2. The van der Waals surface area contributed by atoms with Crippen molar-refractivity contribution in [3.8, 4) is 0 Å². The van der Waals surface area contributed by atoms with Gasteiger partial charge in [0.05, 0.1) is 13.2 Å². The Morgan fingerprint density at radius 2 is 0.745 bits per heavy atom. The fraction of sp³-hybridized carbons (Fsp3) is 0.739. The predicted molar refractivity (Wildman–Crippen MR) is 229 cm³/mol. The van der Waals surface area contributed by atoms with Gasteiger partial charge in [0.2, 0.25) is 0 Å². The standard InChI is InChI=1S/2C23H41O3P.Fe/c2*1-4-7-9-10-11-12-13-15-22-16-18-23(19-17-22)27(24,25)26-20-21(6-3)14-8-5-2;/h2*16-19,21H,4-15,20H2,1-3H3,(H,24,25);/q;;+2/p-2. The Hall–Kier alpha value is -0.741. The van der Waals surface area contributed by atoms with Gasteiger partial charge in [-0.1, -0.05) is 206 Å². The molecule has 0 aromatic heterocycles. The van der Waals surface area contributed by atoms with Crippen LogP contribution >= 0.6 is 15.2 Å². The quantitative estimate of drug-likeness (QED) is 0.0413. The molecule has 0 fully saturated rings. The van der Waals surface area contributed by atoms with Gasteiger partial charge in [0.25, 0.3) is 0 Å². The Bertz CT molecular complexity index is 1160. The molecule has 0 saturated carbocycles. The van der Waals surface area contributed by atoms with Crippen LogP contribution in [0.1, 0.15) is 194 Å². The van der Waals surface area contributed by atoms with Gasteiger partial charge in [0, 0.05) is 10.6 Å². The van der Waals surface area contributed by atoms with Crippen LogP contribution in [-0.2, 0) is 48.1 Å². The summed E-state index contributed by atoms with van der Waals surface area (Å²) < 4.78 is 35.6. The third-order valence-corrected chi connectivity index (χ3v) is 13.5. The molecule has 0 radical (unpaired) electrons. The van der Waals surface area contributed by atoms with E-state index in [1.165, 1.54) is 101 Å². The van der Waals surface area contributed by atoms with E-state index in [2.05, 4.69) is 41.5 Å². The summed E-state index contributed by atoms with van der Waals surface area (Å²) >= 11 is 0. The minimum Gasteiger partial charge on any atom is -0.775 e. The van der Waals surface area contributed by atoms with Gasteiger partial charge >= 0.3 is 17.1 Å². The predicted octanol–water partition coefficient (Wildman–Crippen LogP) is 12.8. The van der Waals surface area contributed by atoms with E-state index >= 15 is 0 Å². The second kappa shape index (κ2) is 34.2. The number of hydrogen-bond donors (Lipinski definition) is 0. The molecule has 318 valence electrons. The third-order valence-electron chi connectivity index (χ3n) is 10.7. The normalized spacial score (nSPS) is 14.5. The third kappa shape index (κ3) is 26.1. The van der Waals surface area contributed by atoms with Crippen LogP contribution in [0.15, 0.2) is 48.5 Å². The second-order valence-electron chi connectivity index (χ2n) is 15.5. The SMILES string of the molecule is CCCCCCCCCc1ccc(P(=O)([O-])OCC(CC)CCCC)cc1.CCCCCCCCCc1ccc(P(=O)([O-])OCC(CC)CCCC)cc1.[Fe+2]. The van der Waals surface area contributed by atoms with Gasteiger partial charge in [-0.15, -0.1) is 0 Å². The van der Waals surface area contributed by atoms with Crippen LogP contribution in [0.3, 0.4) is 0 Å². The van der Waals surface area contributed by atoms with Crippen molar-refractivity contribution in [3.05, 3.63) is 59.7 Å². The van der Waals surface area contributed by atoms with Crippen LogP contribution in [-0.4, -0.2) is 13.2 Å². The topological polar surface area (TPSA) is 98.7 Å². The molecule has 9 heteroatoms. The van der Waals surface area contributed by atoms with Crippen molar-refractivity contribution >= 4 is 25.8 Å². The first-order chi connectivity index (χ1) is 26.1. The Morgan fingerprint density at radius 3 is 1.04 bits per heavy atom. The van der Waals surface area contributed by atoms with Crippen LogP contribution in [0.2, 0.25) is 0 Å². The van der Waals surface area contributed by atoms with E-state index in [0.29, 0.717) is 35.7 Å². The van der Waals surface area contributed by atoms with Crippen molar-refractivity contribution in [2.45, 2.75) is 196 Å². The Labute approximate surface area is 349 Å².